The Morgan fingerprint density at radius 3 is 2.62 bits per heavy atom. The number of hydrogen-bond acceptors (Lipinski definition) is 3. The summed E-state index contributed by atoms with van der Waals surface area (Å²) in [6, 6.07) is 18.1. The van der Waals surface area contributed by atoms with Gasteiger partial charge in [0.15, 0.2) is 0 Å². The Morgan fingerprint density at radius 2 is 1.81 bits per heavy atom. The maximum absolute atomic E-state index is 12.7. The molecule has 0 radical (unpaired) electrons. The van der Waals surface area contributed by atoms with E-state index in [2.05, 4.69) is 5.10 Å². The van der Waals surface area contributed by atoms with E-state index in [1.54, 1.807) is 23.1 Å². The molecule has 0 saturated heterocycles. The topological polar surface area (TPSA) is 55.2 Å². The van der Waals surface area contributed by atoms with E-state index in [9.17, 15) is 9.59 Å². The molecule has 1 amide bonds. The quantitative estimate of drug-likeness (QED) is 0.716. The number of rotatable bonds is 3. The summed E-state index contributed by atoms with van der Waals surface area (Å²) in [6.07, 6.45) is 0.828. The number of hydrogen-bond donors (Lipinski definition) is 0. The van der Waals surface area contributed by atoms with Crippen molar-refractivity contribution < 1.29 is 4.79 Å². The first kappa shape index (κ1) is 16.5. The SMILES string of the molecule is O=C(Cn1nc(-c2ccc(Cl)cc2)ccc1=O)N1CCc2ccccc21. The zero-order chi connectivity index (χ0) is 18.1. The van der Waals surface area contributed by atoms with Crippen LogP contribution in [0, 0.1) is 0 Å². The summed E-state index contributed by atoms with van der Waals surface area (Å²) in [4.78, 5) is 26.6. The third kappa shape index (κ3) is 3.13. The summed E-state index contributed by atoms with van der Waals surface area (Å²) in [6.45, 7) is 0.540. The standard InChI is InChI=1S/C20H16ClN3O2/c21-16-7-5-14(6-8-16)17-9-10-19(25)24(22-17)13-20(26)23-12-11-15-3-1-2-4-18(15)23/h1-10H,11-13H2. The van der Waals surface area contributed by atoms with E-state index in [0.717, 1.165) is 23.2 Å². The van der Waals surface area contributed by atoms with Crippen LogP contribution in [0.1, 0.15) is 5.56 Å². The molecule has 0 bridgehead atoms. The van der Waals surface area contributed by atoms with Crippen molar-refractivity contribution in [3.8, 4) is 11.3 Å². The van der Waals surface area contributed by atoms with Gasteiger partial charge in [-0.05, 0) is 36.2 Å². The normalized spacial score (nSPS) is 12.9. The summed E-state index contributed by atoms with van der Waals surface area (Å²) in [7, 11) is 0. The molecule has 0 unspecified atom stereocenters. The van der Waals surface area contributed by atoms with Crippen molar-refractivity contribution in [3.63, 3.8) is 0 Å². The Labute approximate surface area is 155 Å². The molecule has 26 heavy (non-hydrogen) atoms. The number of nitrogens with zero attached hydrogens (tertiary/aromatic N) is 3. The van der Waals surface area contributed by atoms with Crippen LogP contribution < -0.4 is 10.5 Å². The summed E-state index contributed by atoms with van der Waals surface area (Å²) >= 11 is 5.91. The molecule has 0 N–H and O–H groups in total. The summed E-state index contributed by atoms with van der Waals surface area (Å²) in [5.41, 5.74) is 3.22. The fourth-order valence-electron chi connectivity index (χ4n) is 3.15. The van der Waals surface area contributed by atoms with Crippen molar-refractivity contribution in [2.24, 2.45) is 0 Å². The predicted octanol–water partition coefficient (Wildman–Crippen LogP) is 3.15. The molecule has 1 aromatic heterocycles. The molecule has 130 valence electrons. The van der Waals surface area contributed by atoms with Crippen molar-refractivity contribution in [2.75, 3.05) is 11.4 Å². The maximum Gasteiger partial charge on any atom is 0.267 e. The second-order valence-electron chi connectivity index (χ2n) is 6.15. The number of aromatic nitrogens is 2. The number of amides is 1. The molecule has 4 rings (SSSR count). The van der Waals surface area contributed by atoms with Crippen LogP contribution >= 0.6 is 11.6 Å². The van der Waals surface area contributed by atoms with Gasteiger partial charge in [0.05, 0.1) is 5.69 Å². The highest BCUT2D eigenvalue weighted by atomic mass is 35.5. The number of anilines is 1. The molecule has 0 saturated carbocycles. The van der Waals surface area contributed by atoms with E-state index in [-0.39, 0.29) is 18.0 Å². The molecule has 0 spiro atoms. The molecule has 3 aromatic rings. The first-order valence-electron chi connectivity index (χ1n) is 8.34. The van der Waals surface area contributed by atoms with Crippen molar-refractivity contribution >= 4 is 23.2 Å². The number of carbonyl (C=O) groups excluding carboxylic acids is 1. The molecule has 5 nitrogen and oxygen atoms in total. The minimum atomic E-state index is -0.302. The first-order valence-corrected chi connectivity index (χ1v) is 8.72. The number of fused-ring (bicyclic) bond motifs is 1. The second kappa shape index (κ2) is 6.77. The molecule has 0 aliphatic carbocycles. The van der Waals surface area contributed by atoms with Crippen molar-refractivity contribution in [3.05, 3.63) is 81.6 Å². The molecule has 6 heteroatoms. The van der Waals surface area contributed by atoms with Crippen LogP contribution in [0.5, 0.6) is 0 Å². The van der Waals surface area contributed by atoms with Crippen LogP contribution in [-0.4, -0.2) is 22.2 Å². The third-order valence-electron chi connectivity index (χ3n) is 4.48. The van der Waals surface area contributed by atoms with Gasteiger partial charge in [0.2, 0.25) is 5.91 Å². The van der Waals surface area contributed by atoms with E-state index in [1.807, 2.05) is 36.4 Å². The highest BCUT2D eigenvalue weighted by Gasteiger charge is 2.24. The number of benzene rings is 2. The van der Waals surface area contributed by atoms with Crippen LogP contribution in [-0.2, 0) is 17.8 Å². The smallest absolute Gasteiger partial charge is 0.267 e. The van der Waals surface area contributed by atoms with Crippen LogP contribution in [0.15, 0.2) is 65.5 Å². The molecular weight excluding hydrogens is 350 g/mol. The highest BCUT2D eigenvalue weighted by molar-refractivity contribution is 6.30. The summed E-state index contributed by atoms with van der Waals surface area (Å²) < 4.78 is 1.22. The lowest BCUT2D eigenvalue weighted by atomic mass is 10.1. The van der Waals surface area contributed by atoms with Gasteiger partial charge in [-0.2, -0.15) is 5.10 Å². The highest BCUT2D eigenvalue weighted by Crippen LogP contribution is 2.27. The molecule has 1 aliphatic rings. The Bertz CT molecular complexity index is 1030. The molecule has 1 aliphatic heterocycles. The third-order valence-corrected chi connectivity index (χ3v) is 4.73. The summed E-state index contributed by atoms with van der Waals surface area (Å²) in [5, 5.41) is 4.98. The molecule has 2 heterocycles. The average molecular weight is 366 g/mol. The van der Waals surface area contributed by atoms with Crippen LogP contribution in [0.2, 0.25) is 5.02 Å². The largest absolute Gasteiger partial charge is 0.310 e. The molecule has 2 aromatic carbocycles. The average Bonchev–Trinajstić information content (AvgIpc) is 3.08. The minimum absolute atomic E-state index is 0.0887. The van der Waals surface area contributed by atoms with E-state index in [1.165, 1.54) is 10.7 Å². The van der Waals surface area contributed by atoms with Gasteiger partial charge in [-0.15, -0.1) is 0 Å². The Kier molecular flexibility index (Phi) is 4.31. The van der Waals surface area contributed by atoms with Crippen LogP contribution in [0.4, 0.5) is 5.69 Å². The summed E-state index contributed by atoms with van der Waals surface area (Å²) in [5.74, 6) is -0.141. The monoisotopic (exact) mass is 365 g/mol. The van der Waals surface area contributed by atoms with Crippen molar-refractivity contribution in [1.29, 1.82) is 0 Å². The molecular formula is C20H16ClN3O2. The Hall–Kier alpha value is -2.92. The fraction of sp³-hybridized carbons (Fsp3) is 0.150. The molecule has 0 atom stereocenters. The van der Waals surface area contributed by atoms with Gasteiger partial charge in [0.25, 0.3) is 5.56 Å². The fourth-order valence-corrected chi connectivity index (χ4v) is 3.27. The van der Waals surface area contributed by atoms with Gasteiger partial charge in [-0.25, -0.2) is 4.68 Å². The lowest BCUT2D eigenvalue weighted by Gasteiger charge is -2.17. The van der Waals surface area contributed by atoms with Crippen LogP contribution in [0.3, 0.4) is 0 Å². The number of para-hydroxylation sites is 1. The van der Waals surface area contributed by atoms with E-state index >= 15 is 0 Å². The van der Waals surface area contributed by atoms with Gasteiger partial charge in [0.1, 0.15) is 6.54 Å². The van der Waals surface area contributed by atoms with E-state index in [4.69, 9.17) is 11.6 Å². The van der Waals surface area contributed by atoms with Gasteiger partial charge >= 0.3 is 0 Å². The van der Waals surface area contributed by atoms with E-state index in [0.29, 0.717) is 17.3 Å². The van der Waals surface area contributed by atoms with E-state index < -0.39 is 0 Å². The Morgan fingerprint density at radius 1 is 1.04 bits per heavy atom. The lowest BCUT2D eigenvalue weighted by Crippen LogP contribution is -2.36. The van der Waals surface area contributed by atoms with Gasteiger partial charge < -0.3 is 4.90 Å². The van der Waals surface area contributed by atoms with Crippen molar-refractivity contribution in [2.45, 2.75) is 13.0 Å². The predicted molar refractivity (Wildman–Crippen MR) is 101 cm³/mol. The molecule has 0 fully saturated rings. The van der Waals surface area contributed by atoms with Gasteiger partial charge in [-0.3, -0.25) is 9.59 Å². The first-order chi connectivity index (χ1) is 12.6. The number of carbonyl (C=O) groups is 1. The van der Waals surface area contributed by atoms with Gasteiger partial charge in [-0.1, -0.05) is 41.9 Å². The van der Waals surface area contributed by atoms with Crippen LogP contribution in [0.25, 0.3) is 11.3 Å². The number of halogens is 1. The minimum Gasteiger partial charge on any atom is -0.310 e. The zero-order valence-electron chi connectivity index (χ0n) is 13.9. The Balaban J connectivity index is 1.60. The maximum atomic E-state index is 12.7. The van der Waals surface area contributed by atoms with Crippen molar-refractivity contribution in [1.82, 2.24) is 9.78 Å². The van der Waals surface area contributed by atoms with Gasteiger partial charge in [0, 0.05) is 28.9 Å². The second-order valence-corrected chi connectivity index (χ2v) is 6.58. The zero-order valence-corrected chi connectivity index (χ0v) is 14.7. The lowest BCUT2D eigenvalue weighted by molar-refractivity contribution is -0.119.